The Labute approximate surface area is 170 Å². The fourth-order valence-electron chi connectivity index (χ4n) is 3.03. The van der Waals surface area contributed by atoms with Gasteiger partial charge in [-0.3, -0.25) is 4.98 Å². The molecule has 29 heavy (non-hydrogen) atoms. The number of hydrogen-bond donors (Lipinski definition) is 1. The van der Waals surface area contributed by atoms with Crippen molar-refractivity contribution in [3.05, 3.63) is 59.9 Å². The molecule has 3 rings (SSSR count). The second kappa shape index (κ2) is 9.32. The minimum Gasteiger partial charge on any atom is -0.449 e. The molecule has 7 heteroatoms. The molecule has 7 nitrogen and oxygen atoms in total. The number of benzene rings is 1. The fourth-order valence-corrected chi connectivity index (χ4v) is 3.03. The van der Waals surface area contributed by atoms with Gasteiger partial charge in [0.2, 0.25) is 0 Å². The van der Waals surface area contributed by atoms with Crippen LogP contribution >= 0.6 is 0 Å². The molecule has 1 N–H and O–H groups in total. The summed E-state index contributed by atoms with van der Waals surface area (Å²) < 4.78 is 6.85. The number of rotatable bonds is 8. The van der Waals surface area contributed by atoms with E-state index in [1.807, 2.05) is 28.9 Å². The lowest BCUT2D eigenvalue weighted by molar-refractivity contribution is 0.144. The van der Waals surface area contributed by atoms with Crippen LogP contribution in [0.25, 0.3) is 11.1 Å². The Morgan fingerprint density at radius 3 is 2.62 bits per heavy atom. The van der Waals surface area contributed by atoms with Gasteiger partial charge in [-0.25, -0.2) is 14.5 Å². The molecule has 2 aromatic heterocycles. The third-order valence-corrected chi connectivity index (χ3v) is 4.61. The molecule has 0 unspecified atom stereocenters. The Balaban J connectivity index is 1.82. The van der Waals surface area contributed by atoms with E-state index in [0.29, 0.717) is 12.1 Å². The number of aryl methyl sites for hydroxylation is 1. The van der Waals surface area contributed by atoms with Crippen molar-refractivity contribution in [3.63, 3.8) is 0 Å². The maximum Gasteiger partial charge on any atom is 0.511 e. The summed E-state index contributed by atoms with van der Waals surface area (Å²) in [6.07, 6.45) is 4.88. The molecular formula is C22H26N4O3. The summed E-state index contributed by atoms with van der Waals surface area (Å²) in [5, 5.41) is 13.6. The highest BCUT2D eigenvalue weighted by Crippen LogP contribution is 2.29. The average Bonchev–Trinajstić information content (AvgIpc) is 3.10. The van der Waals surface area contributed by atoms with E-state index in [0.717, 1.165) is 42.0 Å². The monoisotopic (exact) mass is 394 g/mol. The quantitative estimate of drug-likeness (QED) is 0.546. The van der Waals surface area contributed by atoms with Crippen molar-refractivity contribution in [2.75, 3.05) is 0 Å². The first-order valence-corrected chi connectivity index (χ1v) is 9.85. The van der Waals surface area contributed by atoms with E-state index >= 15 is 0 Å². The normalized spacial score (nSPS) is 11.0. The van der Waals surface area contributed by atoms with Crippen LogP contribution < -0.4 is 4.74 Å². The summed E-state index contributed by atoms with van der Waals surface area (Å²) in [5.41, 5.74) is 2.56. The molecular weight excluding hydrogens is 368 g/mol. The van der Waals surface area contributed by atoms with E-state index in [-0.39, 0.29) is 11.7 Å². The van der Waals surface area contributed by atoms with Crippen molar-refractivity contribution in [2.24, 2.45) is 0 Å². The number of carboxylic acid groups (broad SMARTS) is 1. The van der Waals surface area contributed by atoms with E-state index in [9.17, 15) is 4.79 Å². The van der Waals surface area contributed by atoms with Gasteiger partial charge in [-0.2, -0.15) is 5.10 Å². The van der Waals surface area contributed by atoms with E-state index in [4.69, 9.17) is 19.9 Å². The summed E-state index contributed by atoms with van der Waals surface area (Å²) in [4.78, 5) is 19.7. The Morgan fingerprint density at radius 2 is 1.97 bits per heavy atom. The Bertz CT molecular complexity index is 964. The van der Waals surface area contributed by atoms with Crippen LogP contribution in [-0.2, 0) is 13.0 Å². The molecule has 0 saturated carbocycles. The van der Waals surface area contributed by atoms with Crippen molar-refractivity contribution < 1.29 is 14.6 Å². The van der Waals surface area contributed by atoms with Gasteiger partial charge in [-0.1, -0.05) is 51.5 Å². The van der Waals surface area contributed by atoms with Crippen LogP contribution in [0.4, 0.5) is 4.79 Å². The van der Waals surface area contributed by atoms with Gasteiger partial charge < -0.3 is 9.84 Å². The van der Waals surface area contributed by atoms with Crippen molar-refractivity contribution in [2.45, 2.75) is 52.5 Å². The number of aromatic nitrogens is 4. The fraction of sp³-hybridized carbons (Fsp3) is 0.364. The third-order valence-electron chi connectivity index (χ3n) is 4.61. The van der Waals surface area contributed by atoms with Gasteiger partial charge in [-0.05, 0) is 17.5 Å². The Kier molecular flexibility index (Phi) is 6.59. The molecule has 0 saturated heterocycles. The lowest BCUT2D eigenvalue weighted by Gasteiger charge is -2.09. The van der Waals surface area contributed by atoms with Gasteiger partial charge in [0, 0.05) is 36.4 Å². The van der Waals surface area contributed by atoms with E-state index in [2.05, 4.69) is 25.8 Å². The maximum atomic E-state index is 10.9. The van der Waals surface area contributed by atoms with Crippen molar-refractivity contribution >= 4 is 6.16 Å². The van der Waals surface area contributed by atoms with Gasteiger partial charge in [-0.15, -0.1) is 0 Å². The van der Waals surface area contributed by atoms with E-state index in [1.54, 1.807) is 12.3 Å². The summed E-state index contributed by atoms with van der Waals surface area (Å²) >= 11 is 0. The molecule has 0 bridgehead atoms. The second-order valence-corrected chi connectivity index (χ2v) is 7.24. The summed E-state index contributed by atoms with van der Waals surface area (Å²) in [6, 6.07) is 9.43. The first-order valence-electron chi connectivity index (χ1n) is 9.85. The molecule has 0 amide bonds. The molecule has 0 radical (unpaired) electrons. The first kappa shape index (κ1) is 20.5. The summed E-state index contributed by atoms with van der Waals surface area (Å²) in [5.74, 6) is 2.44. The molecule has 0 aliphatic carbocycles. The molecule has 3 aromatic rings. The highest BCUT2D eigenvalue weighted by atomic mass is 16.7. The smallest absolute Gasteiger partial charge is 0.449 e. The number of hydrogen-bond acceptors (Lipinski definition) is 5. The molecule has 0 spiro atoms. The number of ether oxygens (including phenoxy) is 1. The highest BCUT2D eigenvalue weighted by Gasteiger charge is 2.14. The minimum absolute atomic E-state index is 0.264. The van der Waals surface area contributed by atoms with Crippen LogP contribution in [0, 0.1) is 0 Å². The summed E-state index contributed by atoms with van der Waals surface area (Å²) in [6.45, 7) is 7.01. The molecule has 0 fully saturated rings. The van der Waals surface area contributed by atoms with Crippen LogP contribution in [0.1, 0.15) is 56.7 Å². The Hall–Kier alpha value is -3.22. The zero-order valence-corrected chi connectivity index (χ0v) is 17.0. The average molecular weight is 394 g/mol. The molecule has 2 heterocycles. The maximum absolute atomic E-state index is 10.9. The lowest BCUT2D eigenvalue weighted by Crippen LogP contribution is -2.07. The number of unbranched alkanes of at least 4 members (excludes halogenated alkanes) is 1. The predicted octanol–water partition coefficient (Wildman–Crippen LogP) is 4.91. The van der Waals surface area contributed by atoms with Crippen LogP contribution in [0.5, 0.6) is 5.75 Å². The zero-order valence-electron chi connectivity index (χ0n) is 17.0. The van der Waals surface area contributed by atoms with Gasteiger partial charge in [0.25, 0.3) is 0 Å². The van der Waals surface area contributed by atoms with Crippen LogP contribution in [-0.4, -0.2) is 31.0 Å². The SMILES string of the molecule is CCCCc1nc(C(C)C)nn1Cc1ccc(-c2cnccc2OC(=O)O)cc1. The van der Waals surface area contributed by atoms with Crippen LogP contribution in [0.2, 0.25) is 0 Å². The molecule has 0 aliphatic heterocycles. The molecule has 0 aliphatic rings. The largest absolute Gasteiger partial charge is 0.511 e. The van der Waals surface area contributed by atoms with Gasteiger partial charge in [0.05, 0.1) is 6.54 Å². The number of pyridine rings is 1. The van der Waals surface area contributed by atoms with Crippen LogP contribution in [0.15, 0.2) is 42.7 Å². The molecule has 152 valence electrons. The predicted molar refractivity (Wildman–Crippen MR) is 110 cm³/mol. The van der Waals surface area contributed by atoms with Crippen molar-refractivity contribution in [3.8, 4) is 16.9 Å². The van der Waals surface area contributed by atoms with Gasteiger partial charge in [0.1, 0.15) is 11.6 Å². The highest BCUT2D eigenvalue weighted by molar-refractivity contribution is 5.73. The van der Waals surface area contributed by atoms with E-state index < -0.39 is 6.16 Å². The zero-order chi connectivity index (χ0) is 20.8. The number of nitrogens with zero attached hydrogens (tertiary/aromatic N) is 4. The van der Waals surface area contributed by atoms with Crippen molar-refractivity contribution in [1.29, 1.82) is 0 Å². The van der Waals surface area contributed by atoms with E-state index in [1.165, 1.54) is 6.20 Å². The van der Waals surface area contributed by atoms with Crippen LogP contribution in [0.3, 0.4) is 0 Å². The van der Waals surface area contributed by atoms with Gasteiger partial charge >= 0.3 is 6.16 Å². The molecule has 1 aromatic carbocycles. The molecule has 0 atom stereocenters. The Morgan fingerprint density at radius 1 is 1.21 bits per heavy atom. The standard InChI is InChI=1S/C22H26N4O3/c1-4-5-6-20-24-21(15(2)3)25-26(20)14-16-7-9-17(10-8-16)18-13-23-12-11-19(18)29-22(27)28/h7-13,15H,4-6,14H2,1-3H3,(H,27,28). The third kappa shape index (κ3) is 5.19. The van der Waals surface area contributed by atoms with Crippen molar-refractivity contribution in [1.82, 2.24) is 19.7 Å². The topological polar surface area (TPSA) is 90.1 Å². The first-order chi connectivity index (χ1) is 14.0. The number of carbonyl (C=O) groups is 1. The second-order valence-electron chi connectivity index (χ2n) is 7.24. The summed E-state index contributed by atoms with van der Waals surface area (Å²) in [7, 11) is 0. The lowest BCUT2D eigenvalue weighted by atomic mass is 10.0. The van der Waals surface area contributed by atoms with Gasteiger partial charge in [0.15, 0.2) is 5.82 Å². The minimum atomic E-state index is -1.35.